The Bertz CT molecular complexity index is 586. The highest BCUT2D eigenvalue weighted by atomic mass is 16.2. The third-order valence-corrected chi connectivity index (χ3v) is 5.29. The third kappa shape index (κ3) is 2.54. The molecule has 0 bridgehead atoms. The summed E-state index contributed by atoms with van der Waals surface area (Å²) in [5.41, 5.74) is 0.696. The number of anilines is 1. The van der Waals surface area contributed by atoms with Crippen LogP contribution in [0.25, 0.3) is 0 Å². The molecule has 0 unspecified atom stereocenters. The van der Waals surface area contributed by atoms with Crippen LogP contribution in [0, 0.1) is 23.7 Å². The summed E-state index contributed by atoms with van der Waals surface area (Å²) in [5, 5.41) is 0. The lowest BCUT2D eigenvalue weighted by Gasteiger charge is -2.46. The van der Waals surface area contributed by atoms with E-state index in [9.17, 15) is 9.59 Å². The minimum Gasteiger partial charge on any atom is -0.274 e. The topological polar surface area (TPSA) is 37.4 Å². The number of benzene rings is 1. The van der Waals surface area contributed by atoms with Gasteiger partial charge in [0.05, 0.1) is 17.5 Å². The maximum atomic E-state index is 12.8. The van der Waals surface area contributed by atoms with Crippen molar-refractivity contribution < 1.29 is 9.59 Å². The molecule has 1 heterocycles. The summed E-state index contributed by atoms with van der Waals surface area (Å²) < 4.78 is 0. The van der Waals surface area contributed by atoms with E-state index in [0.29, 0.717) is 17.5 Å². The van der Waals surface area contributed by atoms with Crippen molar-refractivity contribution in [1.29, 1.82) is 0 Å². The van der Waals surface area contributed by atoms with Crippen LogP contribution in [-0.4, -0.2) is 11.8 Å². The van der Waals surface area contributed by atoms with E-state index in [-0.39, 0.29) is 23.7 Å². The highest BCUT2D eigenvalue weighted by molar-refractivity contribution is 6.23. The van der Waals surface area contributed by atoms with Crippen LogP contribution in [-0.2, 0) is 9.59 Å². The Labute approximate surface area is 137 Å². The number of rotatable bonds is 7. The van der Waals surface area contributed by atoms with Crippen LogP contribution in [0.15, 0.2) is 55.6 Å². The fourth-order valence-electron chi connectivity index (χ4n) is 4.24. The molecule has 1 aromatic carbocycles. The molecule has 1 aliphatic heterocycles. The zero-order valence-electron chi connectivity index (χ0n) is 13.4. The predicted octanol–water partition coefficient (Wildman–Crippen LogP) is 3.97. The van der Waals surface area contributed by atoms with Gasteiger partial charge in [-0.3, -0.25) is 14.5 Å². The summed E-state index contributed by atoms with van der Waals surface area (Å²) in [6.07, 6.45) is 7.46. The molecule has 1 aromatic rings. The first-order valence-corrected chi connectivity index (χ1v) is 8.35. The molecule has 0 N–H and O–H groups in total. The van der Waals surface area contributed by atoms with Gasteiger partial charge in [-0.15, -0.1) is 13.2 Å². The minimum atomic E-state index is -0.141. The second-order valence-corrected chi connectivity index (χ2v) is 6.46. The number of carbonyl (C=O) groups is 2. The van der Waals surface area contributed by atoms with Crippen LogP contribution in [0.5, 0.6) is 0 Å². The SMILES string of the molecule is C=CCC[C@@H]1[C@@H](CCC=C)[C@@H]2C(=O)N(c3ccccc3)C(=O)[C@H]12. The lowest BCUT2D eigenvalue weighted by atomic mass is 9.55. The van der Waals surface area contributed by atoms with Gasteiger partial charge in [0.25, 0.3) is 0 Å². The van der Waals surface area contributed by atoms with Crippen LogP contribution in [0.3, 0.4) is 0 Å². The van der Waals surface area contributed by atoms with Gasteiger partial charge in [-0.1, -0.05) is 30.4 Å². The lowest BCUT2D eigenvalue weighted by Crippen LogP contribution is -2.48. The summed E-state index contributed by atoms with van der Waals surface area (Å²) in [6, 6.07) is 9.28. The van der Waals surface area contributed by atoms with Gasteiger partial charge in [-0.25, -0.2) is 0 Å². The number of nitrogens with zero attached hydrogens (tertiary/aromatic N) is 1. The number of amides is 2. The monoisotopic (exact) mass is 309 g/mol. The molecular formula is C20H23NO2. The number of hydrogen-bond acceptors (Lipinski definition) is 2. The van der Waals surface area contributed by atoms with Gasteiger partial charge < -0.3 is 0 Å². The minimum absolute atomic E-state index is 0.0184. The van der Waals surface area contributed by atoms with E-state index < -0.39 is 0 Å². The molecule has 23 heavy (non-hydrogen) atoms. The summed E-state index contributed by atoms with van der Waals surface area (Å²) in [5.74, 6) is 0.270. The van der Waals surface area contributed by atoms with Crippen LogP contribution < -0.4 is 4.90 Å². The predicted molar refractivity (Wildman–Crippen MR) is 91.8 cm³/mol. The summed E-state index contributed by atoms with van der Waals surface area (Å²) in [7, 11) is 0. The highest BCUT2D eigenvalue weighted by Gasteiger charge is 2.63. The van der Waals surface area contributed by atoms with Gasteiger partial charge in [0, 0.05) is 0 Å². The number of fused-ring (bicyclic) bond motifs is 1. The Kier molecular flexibility index (Phi) is 4.46. The first kappa shape index (κ1) is 15.7. The molecule has 1 saturated carbocycles. The molecule has 2 fully saturated rings. The van der Waals surface area contributed by atoms with E-state index in [0.717, 1.165) is 25.7 Å². The van der Waals surface area contributed by atoms with Gasteiger partial charge in [0.1, 0.15) is 0 Å². The van der Waals surface area contributed by atoms with Crippen LogP contribution >= 0.6 is 0 Å². The van der Waals surface area contributed by atoms with Crippen molar-refractivity contribution in [2.24, 2.45) is 23.7 Å². The molecule has 4 atom stereocenters. The first-order chi connectivity index (χ1) is 11.2. The van der Waals surface area contributed by atoms with Crippen molar-refractivity contribution in [1.82, 2.24) is 0 Å². The summed E-state index contributed by atoms with van der Waals surface area (Å²) in [4.78, 5) is 27.1. The molecular weight excluding hydrogens is 286 g/mol. The van der Waals surface area contributed by atoms with E-state index in [2.05, 4.69) is 13.2 Å². The fraction of sp³-hybridized carbons (Fsp3) is 0.400. The molecule has 1 saturated heterocycles. The number of imide groups is 1. The van der Waals surface area contributed by atoms with Crippen molar-refractivity contribution >= 4 is 17.5 Å². The smallest absolute Gasteiger partial charge is 0.237 e. The Morgan fingerprint density at radius 2 is 1.35 bits per heavy atom. The Hall–Kier alpha value is -2.16. The van der Waals surface area contributed by atoms with Crippen LogP contribution in [0.4, 0.5) is 5.69 Å². The second kappa shape index (κ2) is 6.53. The average Bonchev–Trinajstić information content (AvgIpc) is 2.76. The molecule has 3 heteroatoms. The number of para-hydroxylation sites is 1. The molecule has 3 rings (SSSR count). The quantitative estimate of drug-likeness (QED) is 0.564. The number of hydrogen-bond donors (Lipinski definition) is 0. The fourth-order valence-corrected chi connectivity index (χ4v) is 4.24. The molecule has 3 nitrogen and oxygen atoms in total. The lowest BCUT2D eigenvalue weighted by molar-refractivity contribution is -0.137. The summed E-state index contributed by atoms with van der Waals surface area (Å²) in [6.45, 7) is 7.56. The van der Waals surface area contributed by atoms with E-state index in [1.165, 1.54) is 4.90 Å². The molecule has 0 aromatic heterocycles. The Morgan fingerprint density at radius 3 is 1.78 bits per heavy atom. The van der Waals surface area contributed by atoms with Crippen LogP contribution in [0.2, 0.25) is 0 Å². The molecule has 0 spiro atoms. The summed E-state index contributed by atoms with van der Waals surface area (Å²) >= 11 is 0. The zero-order chi connectivity index (χ0) is 16.4. The maximum absolute atomic E-state index is 12.8. The zero-order valence-corrected chi connectivity index (χ0v) is 13.4. The molecule has 2 amide bonds. The normalized spacial score (nSPS) is 29.1. The average molecular weight is 309 g/mol. The van der Waals surface area contributed by atoms with E-state index >= 15 is 0 Å². The van der Waals surface area contributed by atoms with Gasteiger partial charge in [0.2, 0.25) is 11.8 Å². The molecule has 120 valence electrons. The van der Waals surface area contributed by atoms with Gasteiger partial charge in [0.15, 0.2) is 0 Å². The van der Waals surface area contributed by atoms with Crippen molar-refractivity contribution in [3.05, 3.63) is 55.6 Å². The Morgan fingerprint density at radius 1 is 0.870 bits per heavy atom. The largest absolute Gasteiger partial charge is 0.274 e. The van der Waals surface area contributed by atoms with Crippen molar-refractivity contribution in [3.8, 4) is 0 Å². The van der Waals surface area contributed by atoms with E-state index in [1.807, 2.05) is 42.5 Å². The van der Waals surface area contributed by atoms with Gasteiger partial charge >= 0.3 is 0 Å². The third-order valence-electron chi connectivity index (χ3n) is 5.29. The van der Waals surface area contributed by atoms with E-state index in [4.69, 9.17) is 0 Å². The van der Waals surface area contributed by atoms with Crippen LogP contribution in [0.1, 0.15) is 25.7 Å². The van der Waals surface area contributed by atoms with Gasteiger partial charge in [-0.2, -0.15) is 0 Å². The first-order valence-electron chi connectivity index (χ1n) is 8.35. The molecule has 0 radical (unpaired) electrons. The molecule has 2 aliphatic rings. The Balaban J connectivity index is 1.85. The maximum Gasteiger partial charge on any atom is 0.237 e. The van der Waals surface area contributed by atoms with Crippen molar-refractivity contribution in [2.75, 3.05) is 4.90 Å². The molecule has 1 aliphatic carbocycles. The number of carbonyl (C=O) groups excluding carboxylic acids is 2. The highest BCUT2D eigenvalue weighted by Crippen LogP contribution is 2.56. The van der Waals surface area contributed by atoms with Crippen molar-refractivity contribution in [3.63, 3.8) is 0 Å². The van der Waals surface area contributed by atoms with E-state index in [1.54, 1.807) is 0 Å². The van der Waals surface area contributed by atoms with Crippen molar-refractivity contribution in [2.45, 2.75) is 25.7 Å². The standard InChI is InChI=1S/C20H23NO2/c1-3-5-12-15-16(13-6-4-2)18-17(15)19(22)21(20(18)23)14-10-8-7-9-11-14/h3-4,7-11,15-18H,1-2,5-6,12-13H2/t15-,16-,17-,18+/m1/s1. The number of allylic oxidation sites excluding steroid dienone is 2. The second-order valence-electron chi connectivity index (χ2n) is 6.46. The van der Waals surface area contributed by atoms with Gasteiger partial charge in [-0.05, 0) is 49.7 Å².